The number of amides is 1. The molecule has 2 fully saturated rings. The number of nitrogens with one attached hydrogen (secondary N) is 1. The van der Waals surface area contributed by atoms with Gasteiger partial charge in [0.1, 0.15) is 0 Å². The summed E-state index contributed by atoms with van der Waals surface area (Å²) in [5.41, 5.74) is 2.39. The molecule has 1 amide bonds. The zero-order valence-electron chi connectivity index (χ0n) is 16.5. The van der Waals surface area contributed by atoms with Crippen LogP contribution in [0.15, 0.2) is 30.5 Å². The maximum atomic E-state index is 12.9. The van der Waals surface area contributed by atoms with E-state index in [0.29, 0.717) is 18.4 Å². The molecule has 4 rings (SSSR count). The van der Waals surface area contributed by atoms with Gasteiger partial charge in [0.2, 0.25) is 5.91 Å². The van der Waals surface area contributed by atoms with Gasteiger partial charge >= 0.3 is 0 Å². The number of hydrogen-bond acceptors (Lipinski definition) is 3. The number of aromatic amines is 1. The van der Waals surface area contributed by atoms with Crippen LogP contribution in [0.4, 0.5) is 0 Å². The molecule has 0 bridgehead atoms. The Morgan fingerprint density at radius 1 is 1.22 bits per heavy atom. The van der Waals surface area contributed by atoms with Crippen molar-refractivity contribution in [1.29, 1.82) is 0 Å². The van der Waals surface area contributed by atoms with E-state index in [9.17, 15) is 4.79 Å². The molecule has 3 heterocycles. The predicted octanol–water partition coefficient (Wildman–Crippen LogP) is 3.20. The van der Waals surface area contributed by atoms with Crippen molar-refractivity contribution in [3.63, 3.8) is 0 Å². The fourth-order valence-corrected chi connectivity index (χ4v) is 4.81. The maximum absolute atomic E-state index is 12.9. The lowest BCUT2D eigenvalue weighted by Crippen LogP contribution is -2.50. The molecule has 2 aliphatic rings. The molecule has 27 heavy (non-hydrogen) atoms. The minimum Gasteiger partial charge on any atom is -0.373 e. The van der Waals surface area contributed by atoms with E-state index in [-0.39, 0.29) is 12.2 Å². The number of aryl methyl sites for hydroxylation is 1. The van der Waals surface area contributed by atoms with Gasteiger partial charge in [-0.3, -0.25) is 9.69 Å². The quantitative estimate of drug-likeness (QED) is 0.880. The minimum atomic E-state index is 0.279. The molecular weight excluding hydrogens is 338 g/mol. The number of H-pyrrole nitrogens is 1. The van der Waals surface area contributed by atoms with E-state index in [1.54, 1.807) is 0 Å². The fraction of sp³-hybridized carbons (Fsp3) is 0.591. The summed E-state index contributed by atoms with van der Waals surface area (Å²) in [6, 6.07) is 8.67. The molecule has 1 aromatic carbocycles. The number of rotatable bonds is 5. The summed E-state index contributed by atoms with van der Waals surface area (Å²) in [6.07, 6.45) is 6.25. The van der Waals surface area contributed by atoms with E-state index >= 15 is 0 Å². The highest BCUT2D eigenvalue weighted by Gasteiger charge is 2.32. The van der Waals surface area contributed by atoms with Gasteiger partial charge in [0.25, 0.3) is 0 Å². The van der Waals surface area contributed by atoms with Gasteiger partial charge in [-0.05, 0) is 44.7 Å². The van der Waals surface area contributed by atoms with Gasteiger partial charge in [0, 0.05) is 55.7 Å². The summed E-state index contributed by atoms with van der Waals surface area (Å²) >= 11 is 0. The second-order valence-corrected chi connectivity index (χ2v) is 8.22. The number of aromatic nitrogens is 1. The van der Waals surface area contributed by atoms with E-state index in [4.69, 9.17) is 4.74 Å². The van der Waals surface area contributed by atoms with Crippen molar-refractivity contribution in [1.82, 2.24) is 14.8 Å². The Morgan fingerprint density at radius 2 is 2.00 bits per heavy atom. The molecule has 146 valence electrons. The zero-order chi connectivity index (χ0) is 18.8. The Kier molecular flexibility index (Phi) is 5.50. The van der Waals surface area contributed by atoms with Crippen molar-refractivity contribution >= 4 is 16.8 Å². The molecule has 0 saturated carbocycles. The van der Waals surface area contributed by atoms with Gasteiger partial charge in [-0.1, -0.05) is 18.2 Å². The summed E-state index contributed by atoms with van der Waals surface area (Å²) in [6.45, 7) is 8.11. The van der Waals surface area contributed by atoms with Crippen LogP contribution < -0.4 is 0 Å². The molecule has 0 unspecified atom stereocenters. The van der Waals surface area contributed by atoms with Gasteiger partial charge in [0.05, 0.1) is 12.2 Å². The molecule has 2 aromatic rings. The van der Waals surface area contributed by atoms with E-state index in [1.165, 1.54) is 10.9 Å². The van der Waals surface area contributed by atoms with Crippen molar-refractivity contribution in [3.8, 4) is 0 Å². The maximum Gasteiger partial charge on any atom is 0.223 e. The van der Waals surface area contributed by atoms with Crippen LogP contribution in [0.2, 0.25) is 0 Å². The number of carbonyl (C=O) groups excluding carboxylic acids is 1. The first kappa shape index (κ1) is 18.5. The van der Waals surface area contributed by atoms with Gasteiger partial charge in [-0.2, -0.15) is 0 Å². The number of fused-ring (bicyclic) bond motifs is 1. The van der Waals surface area contributed by atoms with Gasteiger partial charge in [0.15, 0.2) is 0 Å². The van der Waals surface area contributed by atoms with Crippen LogP contribution in [-0.4, -0.2) is 65.1 Å². The number of hydrogen-bond donors (Lipinski definition) is 1. The Hall–Kier alpha value is -1.85. The molecule has 2 aliphatic heterocycles. The van der Waals surface area contributed by atoms with Crippen LogP contribution >= 0.6 is 0 Å². The molecule has 0 spiro atoms. The van der Waals surface area contributed by atoms with Gasteiger partial charge in [-0.25, -0.2) is 0 Å². The van der Waals surface area contributed by atoms with Crippen LogP contribution in [-0.2, 0) is 16.0 Å². The van der Waals surface area contributed by atoms with E-state index in [2.05, 4.69) is 53.0 Å². The molecule has 0 radical (unpaired) electrons. The highest BCUT2D eigenvalue weighted by Crippen LogP contribution is 2.23. The molecule has 0 aliphatic carbocycles. The summed E-state index contributed by atoms with van der Waals surface area (Å²) in [7, 11) is 0. The minimum absolute atomic E-state index is 0.279. The highest BCUT2D eigenvalue weighted by atomic mass is 16.5. The summed E-state index contributed by atoms with van der Waals surface area (Å²) in [4.78, 5) is 20.9. The number of carbonyl (C=O) groups is 1. The Labute approximate surface area is 161 Å². The van der Waals surface area contributed by atoms with Crippen LogP contribution in [0.3, 0.4) is 0 Å². The van der Waals surface area contributed by atoms with Crippen LogP contribution in [0.25, 0.3) is 10.9 Å². The lowest BCUT2D eigenvalue weighted by atomic mass is 10.1. The van der Waals surface area contributed by atoms with Crippen molar-refractivity contribution in [3.05, 3.63) is 36.0 Å². The Balaban J connectivity index is 1.35. The van der Waals surface area contributed by atoms with Crippen LogP contribution in [0.5, 0.6) is 0 Å². The predicted molar refractivity (Wildman–Crippen MR) is 108 cm³/mol. The summed E-state index contributed by atoms with van der Waals surface area (Å²) in [5.74, 6) is 0.303. The zero-order valence-corrected chi connectivity index (χ0v) is 16.5. The first-order valence-electron chi connectivity index (χ1n) is 10.3. The first-order chi connectivity index (χ1) is 13.1. The largest absolute Gasteiger partial charge is 0.373 e. The number of nitrogens with zero attached hydrogens (tertiary/aromatic N) is 2. The molecule has 2 saturated heterocycles. The summed E-state index contributed by atoms with van der Waals surface area (Å²) < 4.78 is 5.85. The number of ether oxygens (including phenoxy) is 1. The summed E-state index contributed by atoms with van der Waals surface area (Å²) in [5, 5.41) is 1.24. The average Bonchev–Trinajstić information content (AvgIpc) is 3.26. The molecule has 3 atom stereocenters. The van der Waals surface area contributed by atoms with Crippen LogP contribution in [0, 0.1) is 0 Å². The number of benzene rings is 1. The fourth-order valence-electron chi connectivity index (χ4n) is 4.81. The smallest absolute Gasteiger partial charge is 0.223 e. The monoisotopic (exact) mass is 369 g/mol. The van der Waals surface area contributed by atoms with Gasteiger partial charge < -0.3 is 14.6 Å². The second-order valence-electron chi connectivity index (χ2n) is 8.22. The molecular formula is C22H31N3O2. The third-order valence-corrected chi connectivity index (χ3v) is 5.94. The third-order valence-electron chi connectivity index (χ3n) is 5.94. The lowest BCUT2D eigenvalue weighted by molar-refractivity contribution is -0.133. The van der Waals surface area contributed by atoms with Crippen molar-refractivity contribution < 1.29 is 9.53 Å². The molecule has 5 nitrogen and oxygen atoms in total. The van der Waals surface area contributed by atoms with Crippen molar-refractivity contribution in [2.45, 2.75) is 57.8 Å². The topological polar surface area (TPSA) is 48.6 Å². The molecule has 1 aromatic heterocycles. The van der Waals surface area contributed by atoms with E-state index in [1.807, 2.05) is 6.07 Å². The highest BCUT2D eigenvalue weighted by molar-refractivity contribution is 5.84. The number of likely N-dealkylation sites (tertiary alicyclic amines) is 1. The lowest BCUT2D eigenvalue weighted by Gasteiger charge is -2.38. The number of morpholine rings is 1. The SMILES string of the molecule is C[C@@H]1CN(C[C@@H]2CCCN2C(=O)CCc2c[nH]c3ccccc23)C[C@H](C)O1. The standard InChI is InChI=1S/C22H31N3O2/c1-16-13-24(14-17(2)27-16)15-19-6-5-11-25(19)22(26)10-9-18-12-23-21-8-4-3-7-20(18)21/h3-4,7-8,12,16-17,19,23H,5-6,9-11,13-15H2,1-2H3/t16-,17+,19-/m0/s1. The average molecular weight is 370 g/mol. The van der Waals surface area contributed by atoms with Crippen LogP contribution in [0.1, 0.15) is 38.7 Å². The second kappa shape index (κ2) is 8.03. The Bertz CT molecular complexity index is 777. The van der Waals surface area contributed by atoms with Crippen molar-refractivity contribution in [2.75, 3.05) is 26.2 Å². The number of para-hydroxylation sites is 1. The van der Waals surface area contributed by atoms with Gasteiger partial charge in [-0.15, -0.1) is 0 Å². The normalized spacial score (nSPS) is 26.7. The van der Waals surface area contributed by atoms with Crippen molar-refractivity contribution in [2.24, 2.45) is 0 Å². The Morgan fingerprint density at radius 3 is 2.81 bits per heavy atom. The third kappa shape index (κ3) is 4.19. The van der Waals surface area contributed by atoms with E-state index in [0.717, 1.165) is 51.0 Å². The molecule has 1 N–H and O–H groups in total. The first-order valence-corrected chi connectivity index (χ1v) is 10.3. The molecule has 5 heteroatoms. The van der Waals surface area contributed by atoms with E-state index < -0.39 is 0 Å².